The molecule has 0 aromatic rings. The van der Waals surface area contributed by atoms with Gasteiger partial charge in [0, 0.05) is 14.1 Å². The second-order valence-electron chi connectivity index (χ2n) is 6.41. The molecule has 0 saturated heterocycles. The SMILES string of the molecule is CC(=O)C1C(=NN(C)[SiH](C)C)CCCC1=NN(C)[SiH](C)C. The van der Waals surface area contributed by atoms with E-state index >= 15 is 0 Å². The zero-order valence-electron chi connectivity index (χ0n) is 14.6. The number of rotatable bonds is 5. The van der Waals surface area contributed by atoms with Crippen LogP contribution in [0.4, 0.5) is 0 Å². The molecule has 1 saturated carbocycles. The molecular weight excluding hydrogens is 296 g/mol. The summed E-state index contributed by atoms with van der Waals surface area (Å²) in [6.07, 6.45) is 2.87. The van der Waals surface area contributed by atoms with E-state index < -0.39 is 17.9 Å². The normalized spacial score (nSPS) is 23.2. The number of hydrogen-bond acceptors (Lipinski definition) is 5. The summed E-state index contributed by atoms with van der Waals surface area (Å²) in [6, 6.07) is 0. The van der Waals surface area contributed by atoms with Gasteiger partial charge in [0.05, 0.1) is 17.3 Å². The second-order valence-corrected chi connectivity index (χ2v) is 12.3. The van der Waals surface area contributed by atoms with Crippen molar-refractivity contribution in [2.24, 2.45) is 16.1 Å². The Balaban J connectivity index is 3.09. The maximum atomic E-state index is 12.1. The predicted octanol–water partition coefficient (Wildman–Crippen LogP) is 1.92. The summed E-state index contributed by atoms with van der Waals surface area (Å²) in [7, 11) is 2.12. The number of hydrazone groups is 2. The molecule has 0 bridgehead atoms. The molecule has 0 radical (unpaired) electrons. The first-order chi connectivity index (χ1) is 9.73. The Hall–Kier alpha value is -0.956. The molecule has 0 unspecified atom stereocenters. The van der Waals surface area contributed by atoms with Crippen molar-refractivity contribution in [3.63, 3.8) is 0 Å². The molecule has 0 spiro atoms. The van der Waals surface area contributed by atoms with Gasteiger partial charge in [0.2, 0.25) is 0 Å². The largest absolute Gasteiger partial charge is 0.331 e. The number of hydrogen-bond donors (Lipinski definition) is 0. The maximum Gasteiger partial charge on any atom is 0.156 e. The minimum Gasteiger partial charge on any atom is -0.331 e. The fourth-order valence-electron chi connectivity index (χ4n) is 2.25. The van der Waals surface area contributed by atoms with Crippen molar-refractivity contribution in [1.29, 1.82) is 0 Å². The third-order valence-electron chi connectivity index (χ3n) is 4.01. The summed E-state index contributed by atoms with van der Waals surface area (Å²) in [5.74, 6) is -0.0333. The predicted molar refractivity (Wildman–Crippen MR) is 96.2 cm³/mol. The average molecular weight is 327 g/mol. The van der Waals surface area contributed by atoms with Crippen LogP contribution in [-0.2, 0) is 4.79 Å². The molecule has 0 aromatic carbocycles. The summed E-state index contributed by atoms with van der Waals surface area (Å²) in [5.41, 5.74) is 2.02. The van der Waals surface area contributed by atoms with Gasteiger partial charge in [0.25, 0.3) is 0 Å². The van der Waals surface area contributed by atoms with Crippen LogP contribution < -0.4 is 0 Å². The molecule has 1 fully saturated rings. The van der Waals surface area contributed by atoms with E-state index in [9.17, 15) is 4.79 Å². The summed E-state index contributed by atoms with van der Waals surface area (Å²) in [4.78, 5) is 12.1. The molecule has 0 atom stereocenters. The molecule has 0 amide bonds. The Bertz CT molecular complexity index is 403. The number of ketones is 1. The number of carbonyl (C=O) groups excluding carboxylic acids is 1. The van der Waals surface area contributed by atoms with Gasteiger partial charge in [-0.2, -0.15) is 10.2 Å². The molecule has 0 heterocycles. The van der Waals surface area contributed by atoms with Crippen LogP contribution in [0.3, 0.4) is 0 Å². The minimum absolute atomic E-state index is 0.171. The molecule has 0 aromatic heterocycles. The van der Waals surface area contributed by atoms with Crippen LogP contribution in [0.1, 0.15) is 26.2 Å². The maximum absolute atomic E-state index is 12.1. The van der Waals surface area contributed by atoms with Gasteiger partial charge in [-0.3, -0.25) is 4.79 Å². The molecule has 5 nitrogen and oxygen atoms in total. The zero-order valence-corrected chi connectivity index (χ0v) is 16.9. The number of nitrogens with zero attached hydrogens (tertiary/aromatic N) is 4. The lowest BCUT2D eigenvalue weighted by Gasteiger charge is -2.29. The Morgan fingerprint density at radius 1 is 1.00 bits per heavy atom. The monoisotopic (exact) mass is 326 g/mol. The third-order valence-corrected chi connectivity index (χ3v) is 7.23. The lowest BCUT2D eigenvalue weighted by molar-refractivity contribution is -0.117. The van der Waals surface area contributed by atoms with E-state index in [-0.39, 0.29) is 11.7 Å². The smallest absolute Gasteiger partial charge is 0.156 e. The van der Waals surface area contributed by atoms with E-state index in [0.29, 0.717) is 0 Å². The summed E-state index contributed by atoms with van der Waals surface area (Å²) < 4.78 is 4.16. The van der Waals surface area contributed by atoms with Crippen molar-refractivity contribution in [3.8, 4) is 0 Å². The van der Waals surface area contributed by atoms with Gasteiger partial charge in [-0.1, -0.05) is 26.2 Å². The highest BCUT2D eigenvalue weighted by Gasteiger charge is 2.31. The third kappa shape index (κ3) is 5.07. The molecule has 0 aliphatic heterocycles. The van der Waals surface area contributed by atoms with Crippen LogP contribution in [0.25, 0.3) is 0 Å². The molecule has 1 rings (SSSR count). The van der Waals surface area contributed by atoms with E-state index in [0.717, 1.165) is 30.7 Å². The van der Waals surface area contributed by atoms with Crippen molar-refractivity contribution in [2.75, 3.05) is 14.1 Å². The molecule has 1 aliphatic rings. The molecule has 1 aliphatic carbocycles. The van der Waals surface area contributed by atoms with Crippen molar-refractivity contribution >= 4 is 35.1 Å². The summed E-state index contributed by atoms with van der Waals surface area (Å²) in [6.45, 7) is 10.6. The van der Waals surface area contributed by atoms with E-state index in [1.165, 1.54) is 0 Å². The van der Waals surface area contributed by atoms with Crippen LogP contribution in [0.15, 0.2) is 10.2 Å². The molecule has 21 heavy (non-hydrogen) atoms. The standard InChI is InChI=1S/C14H30N4OSi2/c1-11(19)14-12(15-17(2)20(4)5)9-8-10-13(14)16-18(3)21(6)7/h14,20-21H,8-10H2,1-7H3. The highest BCUT2D eigenvalue weighted by molar-refractivity contribution is 6.52. The highest BCUT2D eigenvalue weighted by atomic mass is 28.3. The lowest BCUT2D eigenvalue weighted by Crippen LogP contribution is -2.39. The number of carbonyl (C=O) groups is 1. The van der Waals surface area contributed by atoms with Crippen LogP contribution in [0, 0.1) is 5.92 Å². The minimum atomic E-state index is -0.968. The molecular formula is C14H30N4OSi2. The Morgan fingerprint density at radius 2 is 1.38 bits per heavy atom. The summed E-state index contributed by atoms with van der Waals surface area (Å²) >= 11 is 0. The van der Waals surface area contributed by atoms with Crippen molar-refractivity contribution in [1.82, 2.24) is 9.35 Å². The van der Waals surface area contributed by atoms with E-state index in [1.807, 2.05) is 14.1 Å². The van der Waals surface area contributed by atoms with Crippen LogP contribution in [0.2, 0.25) is 26.2 Å². The van der Waals surface area contributed by atoms with Crippen LogP contribution in [0.5, 0.6) is 0 Å². The zero-order chi connectivity index (χ0) is 16.2. The van der Waals surface area contributed by atoms with Gasteiger partial charge < -0.3 is 9.35 Å². The van der Waals surface area contributed by atoms with E-state index in [2.05, 4.69) is 35.5 Å². The van der Waals surface area contributed by atoms with Crippen molar-refractivity contribution in [2.45, 2.75) is 52.4 Å². The first kappa shape index (κ1) is 18.1. The van der Waals surface area contributed by atoms with Crippen molar-refractivity contribution in [3.05, 3.63) is 0 Å². The second kappa shape index (κ2) is 7.88. The van der Waals surface area contributed by atoms with E-state index in [1.54, 1.807) is 6.92 Å². The van der Waals surface area contributed by atoms with Crippen LogP contribution in [-0.4, -0.2) is 58.6 Å². The van der Waals surface area contributed by atoms with Gasteiger partial charge in [-0.05, 0) is 26.2 Å². The molecule has 120 valence electrons. The number of Topliss-reactive ketones (excluding diaryl/α,β-unsaturated/α-hetero) is 1. The highest BCUT2D eigenvalue weighted by Crippen LogP contribution is 2.22. The van der Waals surface area contributed by atoms with Gasteiger partial charge in [0.1, 0.15) is 5.78 Å². The van der Waals surface area contributed by atoms with Gasteiger partial charge in [-0.25, -0.2) is 0 Å². The Labute approximate surface area is 132 Å². The topological polar surface area (TPSA) is 48.3 Å². The first-order valence-corrected chi connectivity index (χ1v) is 13.5. The quantitative estimate of drug-likeness (QED) is 0.573. The Kier molecular flexibility index (Phi) is 6.79. The van der Waals surface area contributed by atoms with Crippen molar-refractivity contribution < 1.29 is 4.79 Å². The first-order valence-electron chi connectivity index (χ1n) is 7.84. The average Bonchev–Trinajstić information content (AvgIpc) is 2.38. The summed E-state index contributed by atoms with van der Waals surface area (Å²) in [5, 5.41) is 9.49. The molecule has 0 N–H and O–H groups in total. The molecule has 7 heteroatoms. The Morgan fingerprint density at radius 3 is 1.67 bits per heavy atom. The van der Waals surface area contributed by atoms with Crippen LogP contribution >= 0.6 is 0 Å². The van der Waals surface area contributed by atoms with Gasteiger partial charge in [-0.15, -0.1) is 0 Å². The van der Waals surface area contributed by atoms with E-state index in [4.69, 9.17) is 10.2 Å². The lowest BCUT2D eigenvalue weighted by atomic mass is 9.83. The van der Waals surface area contributed by atoms with Gasteiger partial charge in [0.15, 0.2) is 17.9 Å². The fourth-order valence-corrected chi connectivity index (χ4v) is 3.01. The van der Waals surface area contributed by atoms with Gasteiger partial charge >= 0.3 is 0 Å². The fraction of sp³-hybridized carbons (Fsp3) is 0.786.